The number of aromatic nitrogens is 5. The molecule has 0 radical (unpaired) electrons. The van der Waals surface area contributed by atoms with Crippen LogP contribution < -0.4 is 0 Å². The molecule has 30 heavy (non-hydrogen) atoms. The molecule has 0 aromatic carbocycles. The Morgan fingerprint density at radius 2 is 1.93 bits per heavy atom. The SMILES string of the molecule is O=C(c1ccn(Cn2cnc([N+](=O)[O-])n2)n1)N1CCN(S(=O)(=O)c2cccs2)CC1. The molecule has 15 heteroatoms. The Kier molecular flexibility index (Phi) is 5.31. The minimum absolute atomic E-state index is 0.0565. The highest BCUT2D eigenvalue weighted by Gasteiger charge is 2.31. The number of nitrogens with zero attached hydrogens (tertiary/aromatic N) is 8. The predicted octanol–water partition coefficient (Wildman–Crippen LogP) is 0.0968. The van der Waals surface area contributed by atoms with E-state index < -0.39 is 20.9 Å². The van der Waals surface area contributed by atoms with Crippen LogP contribution in [0, 0.1) is 10.1 Å². The Balaban J connectivity index is 1.37. The molecule has 0 atom stereocenters. The average molecular weight is 452 g/mol. The second kappa shape index (κ2) is 7.92. The molecule has 0 spiro atoms. The van der Waals surface area contributed by atoms with Gasteiger partial charge in [0.25, 0.3) is 15.9 Å². The Morgan fingerprint density at radius 1 is 1.17 bits per heavy atom. The van der Waals surface area contributed by atoms with E-state index in [2.05, 4.69) is 15.2 Å². The van der Waals surface area contributed by atoms with Crippen LogP contribution in [0.2, 0.25) is 0 Å². The van der Waals surface area contributed by atoms with E-state index in [1.165, 1.54) is 26.1 Å². The fourth-order valence-electron chi connectivity index (χ4n) is 2.97. The molecule has 0 saturated carbocycles. The van der Waals surface area contributed by atoms with E-state index in [0.717, 1.165) is 11.3 Å². The van der Waals surface area contributed by atoms with Crippen molar-refractivity contribution >= 4 is 33.2 Å². The van der Waals surface area contributed by atoms with Crippen LogP contribution in [0.15, 0.2) is 40.3 Å². The second-order valence-corrected chi connectivity index (χ2v) is 9.46. The van der Waals surface area contributed by atoms with Gasteiger partial charge in [-0.15, -0.1) is 11.3 Å². The van der Waals surface area contributed by atoms with E-state index in [1.807, 2.05) is 0 Å². The highest BCUT2D eigenvalue weighted by molar-refractivity contribution is 7.91. The number of nitro groups is 1. The van der Waals surface area contributed by atoms with Gasteiger partial charge in [-0.05, 0) is 22.4 Å². The van der Waals surface area contributed by atoms with Gasteiger partial charge < -0.3 is 15.0 Å². The number of hydrogen-bond donors (Lipinski definition) is 0. The van der Waals surface area contributed by atoms with Crippen LogP contribution in [-0.2, 0) is 16.7 Å². The van der Waals surface area contributed by atoms with Crippen molar-refractivity contribution in [1.29, 1.82) is 0 Å². The molecule has 3 aromatic rings. The number of carbonyl (C=O) groups is 1. The molecule has 1 saturated heterocycles. The standard InChI is InChI=1S/C15H16N8O5S2/c24-14(12-3-4-20(17-12)11-21-10-16-15(18-21)23(25)26)19-5-7-22(8-6-19)30(27,28)13-2-1-9-29-13/h1-4,9-10H,5-8,11H2. The van der Waals surface area contributed by atoms with Crippen LogP contribution in [0.5, 0.6) is 0 Å². The smallest absolute Gasteiger partial charge is 0.390 e. The van der Waals surface area contributed by atoms with Crippen molar-refractivity contribution in [3.05, 3.63) is 51.9 Å². The van der Waals surface area contributed by atoms with E-state index in [0.29, 0.717) is 0 Å². The Hall–Kier alpha value is -3.17. The van der Waals surface area contributed by atoms with Gasteiger partial charge >= 0.3 is 5.95 Å². The molecule has 0 aliphatic carbocycles. The van der Waals surface area contributed by atoms with Crippen LogP contribution in [-0.4, -0.2) is 79.2 Å². The number of carbonyl (C=O) groups excluding carboxylic acids is 1. The first-order valence-electron chi connectivity index (χ1n) is 8.75. The van der Waals surface area contributed by atoms with Crippen molar-refractivity contribution in [3.63, 3.8) is 0 Å². The first kappa shape index (κ1) is 20.1. The largest absolute Gasteiger partial charge is 0.491 e. The predicted molar refractivity (Wildman–Crippen MR) is 103 cm³/mol. The van der Waals surface area contributed by atoms with Crippen LogP contribution in [0.3, 0.4) is 0 Å². The summed E-state index contributed by atoms with van der Waals surface area (Å²) in [5.74, 6) is -0.833. The summed E-state index contributed by atoms with van der Waals surface area (Å²) in [5, 5.41) is 20.2. The van der Waals surface area contributed by atoms with Gasteiger partial charge in [0.1, 0.15) is 9.90 Å². The quantitative estimate of drug-likeness (QED) is 0.377. The fourth-order valence-corrected chi connectivity index (χ4v) is 5.54. The molecule has 1 fully saturated rings. The summed E-state index contributed by atoms with van der Waals surface area (Å²) >= 11 is 1.16. The lowest BCUT2D eigenvalue weighted by Gasteiger charge is -2.33. The molecule has 1 amide bonds. The summed E-state index contributed by atoms with van der Waals surface area (Å²) in [6, 6.07) is 4.78. The third kappa shape index (κ3) is 3.94. The summed E-state index contributed by atoms with van der Waals surface area (Å²) < 4.78 is 29.5. The maximum Gasteiger partial charge on any atom is 0.491 e. The number of hydrogen-bond acceptors (Lipinski definition) is 9. The van der Waals surface area contributed by atoms with E-state index in [1.54, 1.807) is 28.6 Å². The number of rotatable bonds is 6. The Morgan fingerprint density at radius 3 is 2.57 bits per heavy atom. The lowest BCUT2D eigenvalue weighted by molar-refractivity contribution is -0.394. The van der Waals surface area contributed by atoms with Crippen molar-refractivity contribution in [1.82, 2.24) is 33.8 Å². The monoisotopic (exact) mass is 452 g/mol. The summed E-state index contributed by atoms with van der Waals surface area (Å²) in [7, 11) is -3.54. The minimum Gasteiger partial charge on any atom is -0.390 e. The number of thiophene rings is 1. The van der Waals surface area contributed by atoms with Gasteiger partial charge in [-0.25, -0.2) is 13.1 Å². The molecule has 13 nitrogen and oxygen atoms in total. The Labute approximate surface area is 174 Å². The Bertz CT molecular complexity index is 1160. The first-order valence-corrected chi connectivity index (χ1v) is 11.1. The van der Waals surface area contributed by atoms with Gasteiger partial charge in [0.15, 0.2) is 6.67 Å². The zero-order valence-electron chi connectivity index (χ0n) is 15.4. The summed E-state index contributed by atoms with van der Waals surface area (Å²) in [6.45, 7) is 0.975. The summed E-state index contributed by atoms with van der Waals surface area (Å²) in [5.41, 5.74) is 0.194. The van der Waals surface area contributed by atoms with Gasteiger partial charge in [0.2, 0.25) is 6.33 Å². The molecule has 1 aliphatic rings. The van der Waals surface area contributed by atoms with Gasteiger partial charge in [-0.1, -0.05) is 11.1 Å². The van der Waals surface area contributed by atoms with E-state index in [-0.39, 0.29) is 48.7 Å². The van der Waals surface area contributed by atoms with E-state index in [9.17, 15) is 23.3 Å². The highest BCUT2D eigenvalue weighted by Crippen LogP contribution is 2.22. The second-order valence-electron chi connectivity index (χ2n) is 6.35. The van der Waals surface area contributed by atoms with E-state index in [4.69, 9.17) is 0 Å². The third-order valence-electron chi connectivity index (χ3n) is 4.45. The van der Waals surface area contributed by atoms with Crippen LogP contribution in [0.1, 0.15) is 10.5 Å². The molecule has 0 unspecified atom stereocenters. The molecule has 3 aromatic heterocycles. The number of piperazine rings is 1. The van der Waals surface area contributed by atoms with Gasteiger partial charge in [0, 0.05) is 37.5 Å². The summed E-state index contributed by atoms with van der Waals surface area (Å²) in [4.78, 5) is 27.7. The van der Waals surface area contributed by atoms with Crippen LogP contribution in [0.25, 0.3) is 0 Å². The highest BCUT2D eigenvalue weighted by atomic mass is 32.2. The molecule has 0 N–H and O–H groups in total. The topological polar surface area (TPSA) is 149 Å². The van der Waals surface area contributed by atoms with Crippen molar-refractivity contribution < 1.29 is 18.1 Å². The maximum atomic E-state index is 12.7. The molecular weight excluding hydrogens is 436 g/mol. The third-order valence-corrected chi connectivity index (χ3v) is 7.72. The zero-order valence-corrected chi connectivity index (χ0v) is 17.1. The molecule has 4 rings (SSSR count). The van der Waals surface area contributed by atoms with Gasteiger partial charge in [-0.2, -0.15) is 14.1 Å². The fraction of sp³-hybridized carbons (Fsp3) is 0.333. The van der Waals surface area contributed by atoms with Gasteiger partial charge in [0.05, 0.1) is 0 Å². The van der Waals surface area contributed by atoms with Gasteiger partial charge in [-0.3, -0.25) is 4.79 Å². The molecular formula is C15H16N8O5S2. The minimum atomic E-state index is -3.54. The normalized spacial score (nSPS) is 15.4. The molecule has 158 valence electrons. The average Bonchev–Trinajstić information content (AvgIpc) is 3.49. The van der Waals surface area contributed by atoms with Crippen molar-refractivity contribution in [3.8, 4) is 0 Å². The van der Waals surface area contributed by atoms with E-state index >= 15 is 0 Å². The van der Waals surface area contributed by atoms with Crippen LogP contribution >= 0.6 is 11.3 Å². The summed E-state index contributed by atoms with van der Waals surface area (Å²) in [6.07, 6.45) is 2.76. The van der Waals surface area contributed by atoms with Crippen molar-refractivity contribution in [2.24, 2.45) is 0 Å². The van der Waals surface area contributed by atoms with Crippen LogP contribution in [0.4, 0.5) is 5.95 Å². The molecule has 0 bridgehead atoms. The molecule has 4 heterocycles. The maximum absolute atomic E-state index is 12.7. The number of sulfonamides is 1. The lowest BCUT2D eigenvalue weighted by atomic mass is 10.3. The molecule has 1 aliphatic heterocycles. The lowest BCUT2D eigenvalue weighted by Crippen LogP contribution is -2.50. The van der Waals surface area contributed by atoms with Crippen molar-refractivity contribution in [2.75, 3.05) is 26.2 Å². The number of amides is 1. The first-order chi connectivity index (χ1) is 14.3. The van der Waals surface area contributed by atoms with Crippen molar-refractivity contribution in [2.45, 2.75) is 10.9 Å². The zero-order chi connectivity index (χ0) is 21.3.